The largest absolute Gasteiger partial charge is 0.382 e. The fraction of sp³-hybridized carbons (Fsp3) is 0. The van der Waals surface area contributed by atoms with E-state index in [9.17, 15) is 0 Å². The van der Waals surface area contributed by atoms with Crippen LogP contribution in [0.4, 0.5) is 5.82 Å². The number of hydrogen-bond acceptors (Lipinski definition) is 4. The summed E-state index contributed by atoms with van der Waals surface area (Å²) in [4.78, 5) is 7.91. The van der Waals surface area contributed by atoms with Gasteiger partial charge in [-0.05, 0) is 6.07 Å². The second-order valence-electron chi connectivity index (χ2n) is 2.35. The number of aromatic nitrogens is 4. The van der Waals surface area contributed by atoms with Crippen molar-refractivity contribution in [3.05, 3.63) is 29.7 Å². The van der Waals surface area contributed by atoms with Crippen molar-refractivity contribution in [3.8, 4) is 5.95 Å². The number of anilines is 1. The predicted octanol–water partition coefficient (Wildman–Crippen LogP) is 0.898. The van der Waals surface area contributed by atoms with E-state index in [0.29, 0.717) is 11.0 Å². The molecule has 0 aliphatic heterocycles. The van der Waals surface area contributed by atoms with Crippen molar-refractivity contribution in [3.63, 3.8) is 0 Å². The van der Waals surface area contributed by atoms with Gasteiger partial charge in [0.25, 0.3) is 5.95 Å². The number of halogens is 1. The molecule has 0 saturated carbocycles. The van der Waals surface area contributed by atoms with Crippen LogP contribution in [0.25, 0.3) is 5.95 Å². The van der Waals surface area contributed by atoms with Crippen molar-refractivity contribution in [2.24, 2.45) is 0 Å². The molecule has 13 heavy (non-hydrogen) atoms. The summed E-state index contributed by atoms with van der Waals surface area (Å²) in [6.45, 7) is 0. The Morgan fingerprint density at radius 3 is 2.92 bits per heavy atom. The van der Waals surface area contributed by atoms with Gasteiger partial charge in [0.05, 0.1) is 6.20 Å². The molecule has 0 aliphatic carbocycles. The minimum absolute atomic E-state index is 0.252. The first kappa shape index (κ1) is 8.00. The number of nitrogens with two attached hydrogens (primary N) is 1. The third-order valence-electron chi connectivity index (χ3n) is 1.47. The molecule has 0 aromatic carbocycles. The van der Waals surface area contributed by atoms with Crippen molar-refractivity contribution in [2.75, 3.05) is 5.73 Å². The molecule has 2 aromatic heterocycles. The molecule has 5 nitrogen and oxygen atoms in total. The van der Waals surface area contributed by atoms with Gasteiger partial charge in [-0.1, -0.05) is 11.6 Å². The van der Waals surface area contributed by atoms with Crippen LogP contribution in [0, 0.1) is 0 Å². The van der Waals surface area contributed by atoms with Gasteiger partial charge in [-0.2, -0.15) is 10.1 Å². The molecule has 2 rings (SSSR count). The molecule has 0 unspecified atom stereocenters. The average Bonchev–Trinajstić information content (AvgIpc) is 2.62. The van der Waals surface area contributed by atoms with Crippen LogP contribution >= 0.6 is 11.6 Å². The Labute approximate surface area is 79.2 Å². The predicted molar refractivity (Wildman–Crippen MR) is 48.6 cm³/mol. The summed E-state index contributed by atoms with van der Waals surface area (Å²) in [6, 6.07) is 1.77. The van der Waals surface area contributed by atoms with E-state index in [-0.39, 0.29) is 5.82 Å². The molecule has 0 saturated heterocycles. The molecule has 6 heteroatoms. The first-order chi connectivity index (χ1) is 6.27. The van der Waals surface area contributed by atoms with E-state index in [1.807, 2.05) is 0 Å². The Bertz CT molecular complexity index is 411. The van der Waals surface area contributed by atoms with Gasteiger partial charge in [0.1, 0.15) is 10.8 Å². The summed E-state index contributed by atoms with van der Waals surface area (Å²) in [6.07, 6.45) is 4.80. The average molecular weight is 196 g/mol. The molecule has 2 N–H and O–H groups in total. The number of nitrogens with zero attached hydrogens (tertiary/aromatic N) is 4. The molecule has 0 radical (unpaired) electrons. The monoisotopic (exact) mass is 195 g/mol. The van der Waals surface area contributed by atoms with Gasteiger partial charge in [-0.3, -0.25) is 0 Å². The number of rotatable bonds is 1. The van der Waals surface area contributed by atoms with Crippen molar-refractivity contribution < 1.29 is 0 Å². The minimum Gasteiger partial charge on any atom is -0.382 e. The third-order valence-corrected chi connectivity index (χ3v) is 1.76. The third kappa shape index (κ3) is 1.46. The maximum absolute atomic E-state index is 5.66. The van der Waals surface area contributed by atoms with Gasteiger partial charge in [-0.25, -0.2) is 9.67 Å². The molecule has 0 bridgehead atoms. The standard InChI is InChI=1S/C7H6ClN5/c8-5-4-10-7(12-6(5)9)13-3-1-2-11-13/h1-4H,(H2,9,10,12). The van der Waals surface area contributed by atoms with Crippen LogP contribution in [0.2, 0.25) is 5.02 Å². The molecule has 2 heterocycles. The molecule has 66 valence electrons. The molecular weight excluding hydrogens is 190 g/mol. The molecule has 2 aromatic rings. The van der Waals surface area contributed by atoms with Crippen LogP contribution in [0.1, 0.15) is 0 Å². The van der Waals surface area contributed by atoms with Gasteiger partial charge < -0.3 is 5.73 Å². The van der Waals surface area contributed by atoms with Crippen molar-refractivity contribution in [1.29, 1.82) is 0 Å². The lowest BCUT2D eigenvalue weighted by Crippen LogP contribution is -2.03. The highest BCUT2D eigenvalue weighted by molar-refractivity contribution is 6.32. The summed E-state index contributed by atoms with van der Waals surface area (Å²) < 4.78 is 1.51. The highest BCUT2D eigenvalue weighted by Crippen LogP contribution is 2.14. The van der Waals surface area contributed by atoms with E-state index in [1.165, 1.54) is 10.9 Å². The van der Waals surface area contributed by atoms with Crippen LogP contribution < -0.4 is 5.73 Å². The van der Waals surface area contributed by atoms with E-state index in [0.717, 1.165) is 0 Å². The van der Waals surface area contributed by atoms with Gasteiger partial charge >= 0.3 is 0 Å². The van der Waals surface area contributed by atoms with Crippen molar-refractivity contribution >= 4 is 17.4 Å². The first-order valence-electron chi connectivity index (χ1n) is 3.55. The zero-order valence-electron chi connectivity index (χ0n) is 6.55. The summed E-state index contributed by atoms with van der Waals surface area (Å²) in [5, 5.41) is 4.29. The van der Waals surface area contributed by atoms with E-state index in [1.54, 1.807) is 18.5 Å². The normalized spacial score (nSPS) is 10.2. The fourth-order valence-electron chi connectivity index (χ4n) is 0.868. The minimum atomic E-state index is 0.252. The molecule has 0 atom stereocenters. The van der Waals surface area contributed by atoms with Gasteiger partial charge in [0, 0.05) is 12.4 Å². The maximum Gasteiger partial charge on any atom is 0.252 e. The molecule has 0 spiro atoms. The highest BCUT2D eigenvalue weighted by atomic mass is 35.5. The van der Waals surface area contributed by atoms with Crippen LogP contribution in [-0.2, 0) is 0 Å². The van der Waals surface area contributed by atoms with E-state index >= 15 is 0 Å². The second kappa shape index (κ2) is 3.02. The van der Waals surface area contributed by atoms with E-state index in [2.05, 4.69) is 15.1 Å². The van der Waals surface area contributed by atoms with Crippen LogP contribution in [0.3, 0.4) is 0 Å². The topological polar surface area (TPSA) is 69.6 Å². The molecular formula is C7H6ClN5. The number of nitrogen functional groups attached to an aromatic ring is 1. The van der Waals surface area contributed by atoms with Gasteiger partial charge in [0.2, 0.25) is 0 Å². The lowest BCUT2D eigenvalue weighted by Gasteiger charge is -2.00. The van der Waals surface area contributed by atoms with E-state index in [4.69, 9.17) is 17.3 Å². The highest BCUT2D eigenvalue weighted by Gasteiger charge is 2.02. The fourth-order valence-corrected chi connectivity index (χ4v) is 0.959. The zero-order valence-corrected chi connectivity index (χ0v) is 7.31. The Balaban J connectivity index is 2.49. The van der Waals surface area contributed by atoms with Crippen molar-refractivity contribution in [2.45, 2.75) is 0 Å². The zero-order chi connectivity index (χ0) is 9.26. The van der Waals surface area contributed by atoms with Gasteiger partial charge in [0.15, 0.2) is 0 Å². The first-order valence-corrected chi connectivity index (χ1v) is 3.93. The molecule has 0 fully saturated rings. The summed E-state index contributed by atoms with van der Waals surface area (Å²) in [5.74, 6) is 0.661. The summed E-state index contributed by atoms with van der Waals surface area (Å²) >= 11 is 5.66. The lowest BCUT2D eigenvalue weighted by molar-refractivity contribution is 0.810. The van der Waals surface area contributed by atoms with Crippen molar-refractivity contribution in [1.82, 2.24) is 19.7 Å². The maximum atomic E-state index is 5.66. The SMILES string of the molecule is Nc1nc(-n2cccn2)ncc1Cl. The van der Waals surface area contributed by atoms with Crippen LogP contribution in [0.5, 0.6) is 0 Å². The summed E-state index contributed by atoms with van der Waals surface area (Å²) in [5.41, 5.74) is 5.50. The van der Waals surface area contributed by atoms with Crippen LogP contribution in [0.15, 0.2) is 24.7 Å². The summed E-state index contributed by atoms with van der Waals surface area (Å²) in [7, 11) is 0. The smallest absolute Gasteiger partial charge is 0.252 e. The lowest BCUT2D eigenvalue weighted by atomic mass is 10.6. The molecule has 0 amide bonds. The van der Waals surface area contributed by atoms with Gasteiger partial charge in [-0.15, -0.1) is 0 Å². The second-order valence-corrected chi connectivity index (χ2v) is 2.76. The van der Waals surface area contributed by atoms with Crippen LogP contribution in [-0.4, -0.2) is 19.7 Å². The Morgan fingerprint density at radius 2 is 2.31 bits per heavy atom. The quantitative estimate of drug-likeness (QED) is 0.734. The Hall–Kier alpha value is -1.62. The number of hydrogen-bond donors (Lipinski definition) is 1. The van der Waals surface area contributed by atoms with E-state index < -0.39 is 0 Å². The molecule has 0 aliphatic rings. The Kier molecular flexibility index (Phi) is 1.86. The Morgan fingerprint density at radius 1 is 1.46 bits per heavy atom.